The molecule has 4 rings (SSSR count). The molecule has 1 aromatic heterocycles. The highest BCUT2D eigenvalue weighted by atomic mass is 32.1. The van der Waals surface area contributed by atoms with Crippen LogP contribution >= 0.6 is 11.3 Å². The molecule has 0 aliphatic carbocycles. The fraction of sp³-hybridized carbons (Fsp3) is 0.238. The molecule has 138 valence electrons. The third-order valence-corrected chi connectivity index (χ3v) is 5.49. The molecule has 1 aliphatic rings. The van der Waals surface area contributed by atoms with Crippen LogP contribution in [0.15, 0.2) is 60.0 Å². The lowest BCUT2D eigenvalue weighted by Gasteiger charge is -2.32. The summed E-state index contributed by atoms with van der Waals surface area (Å²) in [6.07, 6.45) is -0.208. The van der Waals surface area contributed by atoms with Crippen LogP contribution in [0.5, 0.6) is 5.75 Å². The molecule has 0 bridgehead atoms. The van der Waals surface area contributed by atoms with Gasteiger partial charge in [0.2, 0.25) is 0 Å². The first-order chi connectivity index (χ1) is 13.3. The number of benzene rings is 2. The van der Waals surface area contributed by atoms with Gasteiger partial charge in [-0.15, -0.1) is 11.3 Å². The molecule has 3 aromatic rings. The third kappa shape index (κ3) is 3.72. The van der Waals surface area contributed by atoms with Crippen molar-refractivity contribution < 1.29 is 14.3 Å². The van der Waals surface area contributed by atoms with E-state index in [2.05, 4.69) is 0 Å². The van der Waals surface area contributed by atoms with E-state index in [1.807, 2.05) is 64.9 Å². The molecule has 1 saturated heterocycles. The van der Waals surface area contributed by atoms with Crippen LogP contribution in [0.1, 0.15) is 21.5 Å². The Labute approximate surface area is 162 Å². The van der Waals surface area contributed by atoms with Crippen LogP contribution in [0, 0.1) is 0 Å². The molecular weight excluding hydrogens is 360 g/mol. The number of rotatable bonds is 4. The second-order valence-electron chi connectivity index (χ2n) is 6.25. The molecule has 1 amide bonds. The lowest BCUT2D eigenvalue weighted by Crippen LogP contribution is -2.42. The molecule has 1 fully saturated rings. The quantitative estimate of drug-likeness (QED) is 0.686. The van der Waals surface area contributed by atoms with Gasteiger partial charge in [-0.3, -0.25) is 4.79 Å². The van der Waals surface area contributed by atoms with E-state index >= 15 is 0 Å². The summed E-state index contributed by atoms with van der Waals surface area (Å²) in [4.78, 5) is 19.3. The molecule has 0 unspecified atom stereocenters. The van der Waals surface area contributed by atoms with Crippen LogP contribution in [0.25, 0.3) is 11.3 Å². The predicted molar refractivity (Wildman–Crippen MR) is 105 cm³/mol. The zero-order valence-corrected chi connectivity index (χ0v) is 15.8. The van der Waals surface area contributed by atoms with Crippen molar-refractivity contribution in [2.24, 2.45) is 0 Å². The Morgan fingerprint density at radius 1 is 1.19 bits per heavy atom. The minimum Gasteiger partial charge on any atom is -0.496 e. The fourth-order valence-corrected chi connectivity index (χ4v) is 4.02. The maximum absolute atomic E-state index is 12.7. The van der Waals surface area contributed by atoms with E-state index in [0.717, 1.165) is 22.0 Å². The molecule has 1 atom stereocenters. The van der Waals surface area contributed by atoms with Gasteiger partial charge in [0.1, 0.15) is 16.9 Å². The number of para-hydroxylation sites is 1. The molecule has 2 heterocycles. The number of amides is 1. The van der Waals surface area contributed by atoms with E-state index in [-0.39, 0.29) is 12.0 Å². The van der Waals surface area contributed by atoms with Crippen LogP contribution in [-0.2, 0) is 4.74 Å². The van der Waals surface area contributed by atoms with Gasteiger partial charge < -0.3 is 14.4 Å². The molecule has 0 spiro atoms. The van der Waals surface area contributed by atoms with Crippen molar-refractivity contribution in [3.8, 4) is 17.0 Å². The van der Waals surface area contributed by atoms with Gasteiger partial charge in [0, 0.05) is 23.1 Å². The molecule has 2 aromatic carbocycles. The average Bonchev–Trinajstić information content (AvgIpc) is 3.24. The first-order valence-electron chi connectivity index (χ1n) is 8.81. The topological polar surface area (TPSA) is 51.7 Å². The molecule has 0 saturated carbocycles. The monoisotopic (exact) mass is 380 g/mol. The Kier molecular flexibility index (Phi) is 5.18. The van der Waals surface area contributed by atoms with E-state index in [4.69, 9.17) is 14.5 Å². The maximum atomic E-state index is 12.7. The summed E-state index contributed by atoms with van der Waals surface area (Å²) in [5.74, 6) is 0.824. The van der Waals surface area contributed by atoms with Gasteiger partial charge in [-0.25, -0.2) is 4.98 Å². The van der Waals surface area contributed by atoms with Crippen molar-refractivity contribution in [1.82, 2.24) is 9.88 Å². The number of carbonyl (C=O) groups is 1. The highest BCUT2D eigenvalue weighted by molar-refractivity contribution is 7.10. The van der Waals surface area contributed by atoms with Gasteiger partial charge in [-0.05, 0) is 24.3 Å². The van der Waals surface area contributed by atoms with Crippen LogP contribution in [0.2, 0.25) is 0 Å². The summed E-state index contributed by atoms with van der Waals surface area (Å²) in [6.45, 7) is 1.61. The zero-order chi connectivity index (χ0) is 18.6. The third-order valence-electron chi connectivity index (χ3n) is 4.55. The number of hydrogen-bond acceptors (Lipinski definition) is 5. The average molecular weight is 380 g/mol. The number of morpholine rings is 1. The summed E-state index contributed by atoms with van der Waals surface area (Å²) in [5.41, 5.74) is 2.52. The Morgan fingerprint density at radius 2 is 1.96 bits per heavy atom. The van der Waals surface area contributed by atoms with Gasteiger partial charge in [0.25, 0.3) is 5.91 Å². The maximum Gasteiger partial charge on any atom is 0.254 e. The first kappa shape index (κ1) is 17.7. The number of hydrogen-bond donors (Lipinski definition) is 0. The fourth-order valence-electron chi connectivity index (χ4n) is 3.16. The largest absolute Gasteiger partial charge is 0.496 e. The highest BCUT2D eigenvalue weighted by Crippen LogP contribution is 2.33. The Morgan fingerprint density at radius 3 is 2.78 bits per heavy atom. The number of carbonyl (C=O) groups excluding carboxylic acids is 1. The van der Waals surface area contributed by atoms with E-state index in [0.29, 0.717) is 25.3 Å². The van der Waals surface area contributed by atoms with E-state index in [1.165, 1.54) is 0 Å². The predicted octanol–water partition coefficient (Wildman–Crippen LogP) is 4.03. The first-order valence-corrected chi connectivity index (χ1v) is 9.69. The van der Waals surface area contributed by atoms with E-state index in [1.54, 1.807) is 18.4 Å². The van der Waals surface area contributed by atoms with Crippen molar-refractivity contribution in [3.05, 3.63) is 70.5 Å². The summed E-state index contributed by atoms with van der Waals surface area (Å²) in [5, 5.41) is 2.88. The number of aromatic nitrogens is 1. The van der Waals surface area contributed by atoms with Gasteiger partial charge in [0.15, 0.2) is 0 Å². The van der Waals surface area contributed by atoms with Crippen molar-refractivity contribution >= 4 is 17.2 Å². The van der Waals surface area contributed by atoms with Crippen LogP contribution in [-0.4, -0.2) is 42.6 Å². The normalized spacial score (nSPS) is 16.9. The Bertz CT molecular complexity index is 926. The minimum atomic E-state index is -0.208. The van der Waals surface area contributed by atoms with Crippen molar-refractivity contribution in [3.63, 3.8) is 0 Å². The molecule has 1 aliphatic heterocycles. The molecule has 5 nitrogen and oxygen atoms in total. The summed E-state index contributed by atoms with van der Waals surface area (Å²) < 4.78 is 11.3. The number of methoxy groups -OCH3 is 1. The molecular formula is C21H20N2O3S. The summed E-state index contributed by atoms with van der Waals surface area (Å²) in [6, 6.07) is 17.2. The van der Waals surface area contributed by atoms with Crippen molar-refractivity contribution in [1.29, 1.82) is 0 Å². The Hall–Kier alpha value is -2.70. The second kappa shape index (κ2) is 7.90. The van der Waals surface area contributed by atoms with Crippen LogP contribution in [0.4, 0.5) is 0 Å². The van der Waals surface area contributed by atoms with Crippen molar-refractivity contribution in [2.45, 2.75) is 6.10 Å². The van der Waals surface area contributed by atoms with Crippen LogP contribution < -0.4 is 4.74 Å². The summed E-state index contributed by atoms with van der Waals surface area (Å²) >= 11 is 1.55. The molecule has 27 heavy (non-hydrogen) atoms. The zero-order valence-electron chi connectivity index (χ0n) is 15.0. The van der Waals surface area contributed by atoms with Crippen LogP contribution in [0.3, 0.4) is 0 Å². The minimum absolute atomic E-state index is 0.0328. The molecule has 6 heteroatoms. The number of nitrogens with zero attached hydrogens (tertiary/aromatic N) is 2. The Balaban J connectivity index is 1.52. The smallest absolute Gasteiger partial charge is 0.254 e. The van der Waals surface area contributed by atoms with Gasteiger partial charge in [-0.2, -0.15) is 0 Å². The van der Waals surface area contributed by atoms with Gasteiger partial charge >= 0.3 is 0 Å². The van der Waals surface area contributed by atoms with E-state index in [9.17, 15) is 4.79 Å². The van der Waals surface area contributed by atoms with E-state index < -0.39 is 0 Å². The highest BCUT2D eigenvalue weighted by Gasteiger charge is 2.28. The lowest BCUT2D eigenvalue weighted by atomic mass is 10.1. The number of ether oxygens (including phenoxy) is 2. The second-order valence-corrected chi connectivity index (χ2v) is 7.14. The SMILES string of the molecule is COc1ccccc1-c1csc([C@H]2CN(C(=O)c3ccccc3)CCO2)n1. The number of thiazole rings is 1. The standard InChI is InChI=1S/C21H20N2O3S/c1-25-18-10-6-5-9-16(18)17-14-27-20(22-17)19-13-23(11-12-26-19)21(24)15-7-3-2-4-8-15/h2-10,14,19H,11-13H2,1H3/t19-/m1/s1. The molecule has 0 N–H and O–H groups in total. The molecule has 0 radical (unpaired) electrons. The summed E-state index contributed by atoms with van der Waals surface area (Å²) in [7, 11) is 1.66. The van der Waals surface area contributed by atoms with Crippen molar-refractivity contribution in [2.75, 3.05) is 26.8 Å². The van der Waals surface area contributed by atoms with Gasteiger partial charge in [-0.1, -0.05) is 30.3 Å². The lowest BCUT2D eigenvalue weighted by molar-refractivity contribution is -0.0228. The van der Waals surface area contributed by atoms with Gasteiger partial charge in [0.05, 0.1) is 26.0 Å².